The van der Waals surface area contributed by atoms with Crippen LogP contribution in [0.5, 0.6) is 0 Å². The van der Waals surface area contributed by atoms with E-state index in [1.807, 2.05) is 48.5 Å². The van der Waals surface area contributed by atoms with Crippen molar-refractivity contribution in [3.63, 3.8) is 0 Å². The zero-order valence-corrected chi connectivity index (χ0v) is 34.2. The van der Waals surface area contributed by atoms with E-state index in [1.165, 1.54) is 22.3 Å². The van der Waals surface area contributed by atoms with E-state index < -0.39 is 0 Å². The highest BCUT2D eigenvalue weighted by molar-refractivity contribution is 5.97. The van der Waals surface area contributed by atoms with Gasteiger partial charge in [-0.2, -0.15) is 0 Å². The number of aromatic nitrogens is 2. The first-order valence-electron chi connectivity index (χ1n) is 22.2. The van der Waals surface area contributed by atoms with Crippen LogP contribution >= 0.6 is 0 Å². The molecule has 2 heterocycles. The average molecular weight is 799 g/mol. The number of anilines is 4. The van der Waals surface area contributed by atoms with E-state index in [0.717, 1.165) is 123 Å². The fraction of sp³-hybridized carbons (Fsp3) is 0.360. The highest BCUT2D eigenvalue weighted by atomic mass is 16.2. The number of hydrogen-bond acceptors (Lipinski definition) is 6. The lowest BCUT2D eigenvalue weighted by Crippen LogP contribution is -2.61. The number of benzene rings is 4. The smallest absolute Gasteiger partial charge is 0.341 e. The van der Waals surface area contributed by atoms with Gasteiger partial charge in [0.25, 0.3) is 0 Å². The summed E-state index contributed by atoms with van der Waals surface area (Å²) < 4.78 is 0. The molecule has 0 saturated heterocycles. The van der Waals surface area contributed by atoms with Gasteiger partial charge in [-0.25, -0.2) is 29.6 Å². The molecule has 2 fully saturated rings. The molecule has 4 aromatic carbocycles. The van der Waals surface area contributed by atoms with Crippen molar-refractivity contribution in [1.82, 2.24) is 20.0 Å². The van der Waals surface area contributed by atoms with Gasteiger partial charge >= 0.3 is 12.1 Å². The van der Waals surface area contributed by atoms with Gasteiger partial charge in [0.05, 0.1) is 35.2 Å². The van der Waals surface area contributed by atoms with Gasteiger partial charge in [-0.3, -0.25) is 0 Å². The molecule has 4 aliphatic carbocycles. The summed E-state index contributed by atoms with van der Waals surface area (Å²) in [6.07, 6.45) is 14.1. The summed E-state index contributed by atoms with van der Waals surface area (Å²) in [4.78, 5) is 39.3. The molecular weight excluding hydrogens is 745 g/mol. The third kappa shape index (κ3) is 7.95. The number of aryl methyl sites for hydroxylation is 2. The van der Waals surface area contributed by atoms with Crippen molar-refractivity contribution in [3.8, 4) is 0 Å². The van der Waals surface area contributed by atoms with E-state index in [-0.39, 0.29) is 36.2 Å². The van der Waals surface area contributed by atoms with Crippen LogP contribution in [-0.2, 0) is 12.8 Å². The molecule has 2 atom stereocenters. The van der Waals surface area contributed by atoms with E-state index in [4.69, 9.17) is 9.97 Å². The minimum absolute atomic E-state index is 0.0820. The molecule has 4 aliphatic rings. The molecule has 0 spiro atoms. The van der Waals surface area contributed by atoms with Gasteiger partial charge in [-0.1, -0.05) is 87.1 Å². The number of nitrogens with zero attached hydrogens (tertiary/aromatic N) is 4. The lowest BCUT2D eigenvalue weighted by atomic mass is 9.93. The highest BCUT2D eigenvalue weighted by Gasteiger charge is 2.38. The molecule has 0 unspecified atom stereocenters. The van der Waals surface area contributed by atoms with E-state index in [9.17, 15) is 9.59 Å². The average Bonchev–Trinajstić information content (AvgIpc) is 3.89. The highest BCUT2D eigenvalue weighted by Crippen LogP contribution is 2.36. The second-order valence-corrected chi connectivity index (χ2v) is 17.2. The van der Waals surface area contributed by atoms with E-state index >= 15 is 0 Å². The summed E-state index contributed by atoms with van der Waals surface area (Å²) in [6.45, 7) is 0. The predicted molar refractivity (Wildman–Crippen MR) is 241 cm³/mol. The summed E-state index contributed by atoms with van der Waals surface area (Å²) >= 11 is 0. The Balaban J connectivity index is 0.875. The number of rotatable bonds is 8. The summed E-state index contributed by atoms with van der Waals surface area (Å²) in [5.74, 6) is 1.68. The van der Waals surface area contributed by atoms with Gasteiger partial charge in [0.15, 0.2) is 0 Å². The number of urea groups is 2. The van der Waals surface area contributed by atoms with E-state index in [2.05, 4.69) is 81.9 Å². The van der Waals surface area contributed by atoms with Gasteiger partial charge in [0, 0.05) is 22.1 Å². The van der Waals surface area contributed by atoms with Crippen molar-refractivity contribution in [2.24, 2.45) is 0 Å². The third-order valence-electron chi connectivity index (χ3n) is 13.3. The van der Waals surface area contributed by atoms with Gasteiger partial charge < -0.3 is 21.3 Å². The number of carbonyl (C=O) groups excluding carboxylic acids is 2. The van der Waals surface area contributed by atoms with Crippen molar-refractivity contribution in [2.45, 2.75) is 114 Å². The Hall–Kier alpha value is -6.16. The molecule has 0 aliphatic heterocycles. The Morgan fingerprint density at radius 3 is 1.37 bits per heavy atom. The maximum Gasteiger partial charge on any atom is 0.341 e. The molecule has 10 nitrogen and oxygen atoms in total. The lowest BCUT2D eigenvalue weighted by Gasteiger charge is -2.46. The first kappa shape index (κ1) is 38.1. The molecule has 0 radical (unpaired) electrons. The molecule has 10 heteroatoms. The van der Waals surface area contributed by atoms with Gasteiger partial charge in [-0.05, 0) is 134 Å². The van der Waals surface area contributed by atoms with Crippen molar-refractivity contribution in [1.29, 1.82) is 0 Å². The lowest BCUT2D eigenvalue weighted by molar-refractivity contribution is -0.0252. The van der Waals surface area contributed by atoms with Crippen LogP contribution in [0.15, 0.2) is 109 Å². The molecule has 306 valence electrons. The van der Waals surface area contributed by atoms with Crippen molar-refractivity contribution in [2.75, 3.05) is 21.3 Å². The van der Waals surface area contributed by atoms with Crippen LogP contribution < -0.4 is 21.3 Å². The molecular formula is C50H54N8O2. The Bertz CT molecular complexity index is 2350. The third-order valence-corrected chi connectivity index (χ3v) is 13.3. The zero-order chi connectivity index (χ0) is 40.4. The number of nitrogens with one attached hydrogen (secondary N) is 4. The standard InChI is InChI=1S/C50H54N8O2/c59-49(51-37-23-27-43-35(31-37)21-29-47(53-43)55-45-25-19-33-11-7-9-17-41(33)45)57(39-13-3-1-4-14-39)58(40-15-5-2-6-16-40)50(60)52-38-24-28-44-36(32-38)22-30-48(54-44)56-46-26-20-34-12-8-10-18-42(34)46/h7-12,17-18,21-24,27-32,39-40,45-46H,1-6,13-16,19-20,25-26H2,(H,51,59)(H,52,60)(H,53,55)(H,54,56)/t45-,46-/m1/s1. The molecule has 6 aromatic rings. The van der Waals surface area contributed by atoms with Crippen LogP contribution in [0.4, 0.5) is 32.6 Å². The minimum atomic E-state index is -0.277. The van der Waals surface area contributed by atoms with Crippen LogP contribution in [0.1, 0.15) is 111 Å². The van der Waals surface area contributed by atoms with Crippen molar-refractivity contribution in [3.05, 3.63) is 131 Å². The second-order valence-electron chi connectivity index (χ2n) is 17.2. The van der Waals surface area contributed by atoms with Crippen LogP contribution in [0, 0.1) is 0 Å². The second kappa shape index (κ2) is 16.8. The Morgan fingerprint density at radius 1 is 0.483 bits per heavy atom. The molecule has 4 N–H and O–H groups in total. The largest absolute Gasteiger partial charge is 0.363 e. The molecule has 60 heavy (non-hydrogen) atoms. The molecule has 2 saturated carbocycles. The number of carbonyl (C=O) groups is 2. The van der Waals surface area contributed by atoms with Crippen LogP contribution in [-0.4, -0.2) is 44.1 Å². The molecule has 10 rings (SSSR count). The quantitative estimate of drug-likeness (QED) is 0.114. The maximum absolute atomic E-state index is 14.7. The van der Waals surface area contributed by atoms with Gasteiger partial charge in [0.2, 0.25) is 0 Å². The van der Waals surface area contributed by atoms with Crippen LogP contribution in [0.3, 0.4) is 0 Å². The topological polar surface area (TPSA) is 115 Å². The molecule has 2 aromatic heterocycles. The first-order chi connectivity index (χ1) is 29.5. The number of pyridine rings is 2. The van der Waals surface area contributed by atoms with Crippen molar-refractivity contribution < 1.29 is 9.59 Å². The number of hydrogen-bond donors (Lipinski definition) is 4. The zero-order valence-electron chi connectivity index (χ0n) is 34.2. The minimum Gasteiger partial charge on any atom is -0.363 e. The predicted octanol–water partition coefficient (Wildman–Crippen LogP) is 11.9. The number of fused-ring (bicyclic) bond motifs is 4. The first-order valence-corrected chi connectivity index (χ1v) is 22.2. The monoisotopic (exact) mass is 798 g/mol. The molecule has 0 bridgehead atoms. The fourth-order valence-electron chi connectivity index (χ4n) is 10.2. The van der Waals surface area contributed by atoms with Crippen LogP contribution in [0.25, 0.3) is 21.8 Å². The fourth-order valence-corrected chi connectivity index (χ4v) is 10.2. The van der Waals surface area contributed by atoms with E-state index in [1.54, 1.807) is 10.0 Å². The summed E-state index contributed by atoms with van der Waals surface area (Å²) in [5, 5.41) is 19.2. The van der Waals surface area contributed by atoms with E-state index in [0.29, 0.717) is 11.4 Å². The molecule has 4 amide bonds. The number of amides is 4. The number of hydrazine groups is 1. The normalized spacial score (nSPS) is 19.1. The van der Waals surface area contributed by atoms with Crippen LogP contribution in [0.2, 0.25) is 0 Å². The Labute approximate surface area is 352 Å². The SMILES string of the molecule is O=C(Nc1ccc2nc(N[C@@H]3CCc4ccccc43)ccc2c1)N(C1CCCCC1)N(C(=O)Nc1ccc2nc(N[C@@H]3CCc4ccccc43)ccc2c1)C1CCCCC1. The summed E-state index contributed by atoms with van der Waals surface area (Å²) in [6, 6.07) is 36.9. The Kier molecular flexibility index (Phi) is 10.7. The van der Waals surface area contributed by atoms with Gasteiger partial charge in [0.1, 0.15) is 11.6 Å². The maximum atomic E-state index is 14.7. The summed E-state index contributed by atoms with van der Waals surface area (Å²) in [7, 11) is 0. The Morgan fingerprint density at radius 2 is 0.917 bits per heavy atom. The summed E-state index contributed by atoms with van der Waals surface area (Å²) in [5.41, 5.74) is 8.56. The van der Waals surface area contributed by atoms with Gasteiger partial charge in [-0.15, -0.1) is 0 Å². The van der Waals surface area contributed by atoms with Crippen molar-refractivity contribution >= 4 is 56.9 Å².